The first-order valence-corrected chi connectivity index (χ1v) is 5.74. The van der Waals surface area contributed by atoms with Crippen LogP contribution in [0.2, 0.25) is 0 Å². The molecule has 1 N–H and O–H groups in total. The van der Waals surface area contributed by atoms with Crippen LogP contribution >= 0.6 is 0 Å². The van der Waals surface area contributed by atoms with Crippen LogP contribution in [-0.4, -0.2) is 31.4 Å². The van der Waals surface area contributed by atoms with Gasteiger partial charge < -0.3 is 5.32 Å². The van der Waals surface area contributed by atoms with Crippen molar-refractivity contribution in [2.24, 2.45) is 0 Å². The first kappa shape index (κ1) is 8.04. The molecule has 1 saturated heterocycles. The summed E-state index contributed by atoms with van der Waals surface area (Å²) in [7, 11) is -3.15. The van der Waals surface area contributed by atoms with Crippen LogP contribution in [0.15, 0.2) is 0 Å². The zero-order valence-corrected chi connectivity index (χ0v) is 7.49. The molecule has 4 nitrogen and oxygen atoms in total. The Morgan fingerprint density at radius 2 is 2.00 bits per heavy atom. The molecule has 2 fully saturated rings. The predicted octanol–water partition coefficient (Wildman–Crippen LogP) is -0.546. The summed E-state index contributed by atoms with van der Waals surface area (Å²) in [6, 6.07) is 0. The number of amides is 1. The van der Waals surface area contributed by atoms with Crippen molar-refractivity contribution in [2.45, 2.75) is 24.0 Å². The van der Waals surface area contributed by atoms with E-state index in [1.807, 2.05) is 0 Å². The Balaban J connectivity index is 2.43. The lowest BCUT2D eigenvalue weighted by molar-refractivity contribution is -0.126. The zero-order chi connectivity index (χ0) is 8.82. The lowest BCUT2D eigenvalue weighted by atomic mass is 9.83. The van der Waals surface area contributed by atoms with Crippen LogP contribution in [0, 0.1) is 0 Å². The molecule has 12 heavy (non-hydrogen) atoms. The van der Waals surface area contributed by atoms with Crippen LogP contribution in [0.25, 0.3) is 0 Å². The summed E-state index contributed by atoms with van der Waals surface area (Å²) in [5, 5.41) is 2.61. The summed E-state index contributed by atoms with van der Waals surface area (Å²) in [6.07, 6.45) is 1.88. The molecule has 1 saturated carbocycles. The van der Waals surface area contributed by atoms with Gasteiger partial charge in [-0.05, 0) is 19.3 Å². The Morgan fingerprint density at radius 3 is 2.33 bits per heavy atom. The van der Waals surface area contributed by atoms with Gasteiger partial charge in [0, 0.05) is 6.54 Å². The average molecular weight is 189 g/mol. The highest BCUT2D eigenvalue weighted by Crippen LogP contribution is 2.41. The van der Waals surface area contributed by atoms with Gasteiger partial charge in [0.2, 0.25) is 5.91 Å². The van der Waals surface area contributed by atoms with Gasteiger partial charge in [0.25, 0.3) is 0 Å². The molecule has 1 aliphatic heterocycles. The molecule has 1 amide bonds. The van der Waals surface area contributed by atoms with Gasteiger partial charge in [-0.3, -0.25) is 4.79 Å². The van der Waals surface area contributed by atoms with Gasteiger partial charge in [-0.25, -0.2) is 8.42 Å². The molecule has 5 heteroatoms. The monoisotopic (exact) mass is 189 g/mol. The Hall–Kier alpha value is -0.580. The Labute approximate surface area is 71.3 Å². The van der Waals surface area contributed by atoms with E-state index in [4.69, 9.17) is 0 Å². The number of carbonyl (C=O) groups is 1. The molecule has 0 radical (unpaired) electrons. The minimum absolute atomic E-state index is 0.110. The number of nitrogens with one attached hydrogen (secondary N) is 1. The van der Waals surface area contributed by atoms with E-state index in [2.05, 4.69) is 5.32 Å². The molecular formula is C7H11NO3S. The van der Waals surface area contributed by atoms with E-state index >= 15 is 0 Å². The van der Waals surface area contributed by atoms with E-state index in [0.717, 1.165) is 6.42 Å². The van der Waals surface area contributed by atoms with Gasteiger partial charge in [-0.15, -0.1) is 0 Å². The van der Waals surface area contributed by atoms with Crippen LogP contribution in [0.1, 0.15) is 19.3 Å². The van der Waals surface area contributed by atoms with E-state index in [1.54, 1.807) is 0 Å². The number of rotatable bonds is 0. The molecule has 0 aromatic heterocycles. The first-order valence-electron chi connectivity index (χ1n) is 4.09. The fraction of sp³-hybridized carbons (Fsp3) is 0.857. The third kappa shape index (κ3) is 0.772. The highest BCUT2D eigenvalue weighted by molar-refractivity contribution is 7.93. The van der Waals surface area contributed by atoms with Crippen LogP contribution in [0.4, 0.5) is 0 Å². The number of carbonyl (C=O) groups excluding carboxylic acids is 1. The van der Waals surface area contributed by atoms with Crippen molar-refractivity contribution in [3.05, 3.63) is 0 Å². The molecular weight excluding hydrogens is 178 g/mol. The second-order valence-corrected chi connectivity index (χ2v) is 5.84. The van der Waals surface area contributed by atoms with Crippen molar-refractivity contribution in [2.75, 3.05) is 12.3 Å². The van der Waals surface area contributed by atoms with Gasteiger partial charge >= 0.3 is 0 Å². The average Bonchev–Trinajstić information content (AvgIpc) is 1.80. The highest BCUT2D eigenvalue weighted by Gasteiger charge is 2.56. The van der Waals surface area contributed by atoms with Crippen molar-refractivity contribution in [1.82, 2.24) is 5.32 Å². The topological polar surface area (TPSA) is 63.2 Å². The fourth-order valence-corrected chi connectivity index (χ4v) is 3.86. The maximum atomic E-state index is 11.5. The first-order chi connectivity index (χ1) is 5.58. The fourth-order valence-electron chi connectivity index (χ4n) is 1.83. The van der Waals surface area contributed by atoms with Gasteiger partial charge in [0.15, 0.2) is 14.6 Å². The largest absolute Gasteiger partial charge is 0.354 e. The summed E-state index contributed by atoms with van der Waals surface area (Å²) in [5.74, 6) is -0.168. The van der Waals surface area contributed by atoms with E-state index in [9.17, 15) is 13.2 Å². The van der Waals surface area contributed by atoms with Crippen molar-refractivity contribution >= 4 is 15.7 Å². The molecule has 1 aliphatic carbocycles. The molecule has 0 aromatic rings. The second-order valence-electron chi connectivity index (χ2n) is 3.42. The lowest BCUT2D eigenvalue weighted by Crippen LogP contribution is -2.62. The van der Waals surface area contributed by atoms with Crippen LogP contribution < -0.4 is 5.32 Å². The number of sulfone groups is 1. The third-order valence-corrected chi connectivity index (χ3v) is 5.35. The van der Waals surface area contributed by atoms with E-state index in [1.165, 1.54) is 0 Å². The molecule has 0 unspecified atom stereocenters. The van der Waals surface area contributed by atoms with Crippen LogP contribution in [-0.2, 0) is 14.6 Å². The summed E-state index contributed by atoms with van der Waals surface area (Å²) in [4.78, 5) is 11.3. The quantitative estimate of drug-likeness (QED) is 0.556. The normalized spacial score (nSPS) is 30.8. The zero-order valence-electron chi connectivity index (χ0n) is 6.67. The molecule has 0 bridgehead atoms. The summed E-state index contributed by atoms with van der Waals surface area (Å²) >= 11 is 0. The summed E-state index contributed by atoms with van der Waals surface area (Å²) in [6.45, 7) is 0.281. The third-order valence-electron chi connectivity index (χ3n) is 2.83. The highest BCUT2D eigenvalue weighted by atomic mass is 32.2. The minimum Gasteiger partial charge on any atom is -0.354 e. The molecule has 0 atom stereocenters. The predicted molar refractivity (Wildman–Crippen MR) is 43.4 cm³/mol. The summed E-state index contributed by atoms with van der Waals surface area (Å²) < 4.78 is 22.0. The van der Waals surface area contributed by atoms with Gasteiger partial charge in [0.1, 0.15) is 0 Å². The van der Waals surface area contributed by atoms with E-state index in [-0.39, 0.29) is 18.2 Å². The van der Waals surface area contributed by atoms with Crippen molar-refractivity contribution in [3.63, 3.8) is 0 Å². The Morgan fingerprint density at radius 1 is 1.33 bits per heavy atom. The second kappa shape index (κ2) is 2.22. The molecule has 2 aliphatic rings. The molecule has 2 rings (SSSR count). The maximum Gasteiger partial charge on any atom is 0.241 e. The Bertz CT molecular complexity index is 316. The van der Waals surface area contributed by atoms with Crippen molar-refractivity contribution in [1.29, 1.82) is 0 Å². The van der Waals surface area contributed by atoms with Crippen molar-refractivity contribution in [3.8, 4) is 0 Å². The molecule has 1 spiro atoms. The molecule has 0 aromatic carbocycles. The Kier molecular flexibility index (Phi) is 1.49. The number of hydrogen-bond acceptors (Lipinski definition) is 3. The lowest BCUT2D eigenvalue weighted by Gasteiger charge is -2.41. The molecule has 1 heterocycles. The smallest absolute Gasteiger partial charge is 0.241 e. The van der Waals surface area contributed by atoms with Crippen molar-refractivity contribution < 1.29 is 13.2 Å². The van der Waals surface area contributed by atoms with Gasteiger partial charge in [-0.1, -0.05) is 0 Å². The number of hydrogen-bond donors (Lipinski definition) is 1. The van der Waals surface area contributed by atoms with E-state index < -0.39 is 14.6 Å². The summed E-state index contributed by atoms with van der Waals surface area (Å²) in [5.41, 5.74) is 0. The minimum atomic E-state index is -3.15. The maximum absolute atomic E-state index is 11.5. The van der Waals surface area contributed by atoms with Crippen LogP contribution in [0.3, 0.4) is 0 Å². The van der Waals surface area contributed by atoms with Gasteiger partial charge in [0.05, 0.1) is 5.75 Å². The van der Waals surface area contributed by atoms with Crippen LogP contribution in [0.5, 0.6) is 0 Å². The standard InChI is InChI=1S/C7H11NO3S/c9-6-7(2-1-3-7)12(10,11)5-4-8-6/h1-5H2,(H,8,9). The SMILES string of the molecule is O=C1NCCS(=O)(=O)C12CCC2. The van der Waals surface area contributed by atoms with E-state index in [0.29, 0.717) is 12.8 Å². The van der Waals surface area contributed by atoms with Gasteiger partial charge in [-0.2, -0.15) is 0 Å². The molecule has 68 valence electrons.